The Hall–Kier alpha value is -2.71. The molecule has 0 atom stereocenters. The third-order valence-corrected chi connectivity index (χ3v) is 6.28. The zero-order valence-corrected chi connectivity index (χ0v) is 50.0. The molecule has 0 bridgehead atoms. The Kier molecular flexibility index (Phi) is 131. The zero-order chi connectivity index (χ0) is 50.8. The summed E-state index contributed by atoms with van der Waals surface area (Å²) in [7, 11) is 6.00. The number of benzene rings is 6. The van der Waals surface area contributed by atoms with Crippen LogP contribution < -0.4 is 0 Å². The first-order chi connectivity index (χ1) is 31.3. The van der Waals surface area contributed by atoms with Gasteiger partial charge in [-0.3, -0.25) is 0 Å². The maximum absolute atomic E-state index is 7.00. The fourth-order valence-electron chi connectivity index (χ4n) is 4.28. The Morgan fingerprint density at radius 1 is 0.185 bits per heavy atom. The van der Waals surface area contributed by atoms with Crippen LogP contribution in [0.4, 0.5) is 0 Å². The summed E-state index contributed by atoms with van der Waals surface area (Å²) in [6.45, 7) is 24.0. The molecule has 6 nitrogen and oxygen atoms in total. The van der Waals surface area contributed by atoms with E-state index in [1.54, 1.807) is 0 Å². The molecule has 2 radical (unpaired) electrons. The van der Waals surface area contributed by atoms with Crippen LogP contribution in [0.3, 0.4) is 0 Å². The second kappa shape index (κ2) is 95.5. The Balaban J connectivity index is -0.0000000599. The van der Waals surface area contributed by atoms with Gasteiger partial charge in [-0.25, -0.2) is 0 Å². The molecular formula is C57H96O6Y2. The minimum absolute atomic E-state index is 0. The van der Waals surface area contributed by atoms with E-state index in [2.05, 4.69) is 182 Å². The topological polar surface area (TPSA) is 121 Å². The minimum atomic E-state index is 0. The second-order valence-electron chi connectivity index (χ2n) is 9.44. The van der Waals surface area contributed by atoms with E-state index < -0.39 is 0 Å². The standard InChI is InChI=1S/3C13H12.6C2H6.6CH4O.2Y/c3*1-3-7-12(8-4-1)11-13-9-5-2-6-10-13;12*1-2;;/h3*1-10H,11H2;6*1-2H3;6*2H,1H3;;. The molecule has 65 heavy (non-hydrogen) atoms. The van der Waals surface area contributed by atoms with Gasteiger partial charge < -0.3 is 30.6 Å². The summed E-state index contributed by atoms with van der Waals surface area (Å²) in [6, 6.07) is 63.2. The molecule has 366 valence electrons. The number of aliphatic hydroxyl groups excluding tert-OH is 6. The Labute approximate surface area is 452 Å². The number of hydrogen-bond acceptors (Lipinski definition) is 6. The molecular weight excluding hydrogens is 958 g/mol. The average Bonchev–Trinajstić information content (AvgIpc) is 3.43. The molecule has 0 saturated heterocycles. The van der Waals surface area contributed by atoms with Gasteiger partial charge in [0.1, 0.15) is 0 Å². The van der Waals surface area contributed by atoms with Crippen LogP contribution >= 0.6 is 0 Å². The molecule has 0 fully saturated rings. The van der Waals surface area contributed by atoms with Gasteiger partial charge in [0.2, 0.25) is 0 Å². The summed E-state index contributed by atoms with van der Waals surface area (Å²) in [5.74, 6) is 0. The third kappa shape index (κ3) is 65.6. The third-order valence-electron chi connectivity index (χ3n) is 6.28. The van der Waals surface area contributed by atoms with Crippen LogP contribution in [0, 0.1) is 0 Å². The van der Waals surface area contributed by atoms with E-state index in [1.165, 1.54) is 33.4 Å². The molecule has 6 aromatic carbocycles. The van der Waals surface area contributed by atoms with E-state index in [9.17, 15) is 0 Å². The predicted molar refractivity (Wildman–Crippen MR) is 284 cm³/mol. The fourth-order valence-corrected chi connectivity index (χ4v) is 4.28. The molecule has 0 heterocycles. The number of rotatable bonds is 6. The molecule has 6 rings (SSSR count). The maximum Gasteiger partial charge on any atom is 0.0319 e. The van der Waals surface area contributed by atoms with Crippen molar-refractivity contribution in [2.45, 2.75) is 102 Å². The zero-order valence-electron chi connectivity index (χ0n) is 44.3. The first-order valence-electron chi connectivity index (χ1n) is 22.3. The van der Waals surface area contributed by atoms with Crippen molar-refractivity contribution in [1.82, 2.24) is 0 Å². The summed E-state index contributed by atoms with van der Waals surface area (Å²) in [5.41, 5.74) is 8.22. The normalized spacial score (nSPS) is 7.02. The van der Waals surface area contributed by atoms with Gasteiger partial charge in [-0.05, 0) is 52.6 Å². The summed E-state index contributed by atoms with van der Waals surface area (Å²) in [5, 5.41) is 42.0. The van der Waals surface area contributed by atoms with E-state index in [4.69, 9.17) is 30.6 Å². The molecule has 8 heteroatoms. The van der Waals surface area contributed by atoms with Crippen LogP contribution in [0.2, 0.25) is 0 Å². The van der Waals surface area contributed by atoms with Crippen molar-refractivity contribution in [3.63, 3.8) is 0 Å². The molecule has 0 amide bonds. The van der Waals surface area contributed by atoms with Gasteiger partial charge in [0.15, 0.2) is 0 Å². The van der Waals surface area contributed by atoms with Gasteiger partial charge in [-0.15, -0.1) is 0 Å². The van der Waals surface area contributed by atoms with E-state index in [0.717, 1.165) is 61.9 Å². The van der Waals surface area contributed by atoms with E-state index in [1.807, 2.05) is 83.1 Å². The summed E-state index contributed by atoms with van der Waals surface area (Å²) >= 11 is 0. The van der Waals surface area contributed by atoms with E-state index >= 15 is 0 Å². The smallest absolute Gasteiger partial charge is 0.0319 e. The maximum atomic E-state index is 7.00. The molecule has 6 N–H and O–H groups in total. The molecule has 0 aliphatic carbocycles. The van der Waals surface area contributed by atoms with Crippen molar-refractivity contribution < 1.29 is 96.1 Å². The molecule has 6 aromatic rings. The second-order valence-corrected chi connectivity index (χ2v) is 9.44. The molecule has 0 aliphatic rings. The molecule has 0 aliphatic heterocycles. The molecule has 0 spiro atoms. The van der Waals surface area contributed by atoms with Crippen LogP contribution in [0.1, 0.15) is 116 Å². The van der Waals surface area contributed by atoms with Crippen molar-refractivity contribution in [3.8, 4) is 0 Å². The van der Waals surface area contributed by atoms with E-state index in [0.29, 0.717) is 0 Å². The largest absolute Gasteiger partial charge is 0.400 e. The van der Waals surface area contributed by atoms with Crippen molar-refractivity contribution in [3.05, 3.63) is 215 Å². The van der Waals surface area contributed by atoms with Crippen LogP contribution in [0.15, 0.2) is 182 Å². The van der Waals surface area contributed by atoms with Crippen molar-refractivity contribution in [2.75, 3.05) is 42.7 Å². The molecule has 0 saturated carbocycles. The van der Waals surface area contributed by atoms with Gasteiger partial charge in [-0.2, -0.15) is 0 Å². The Bertz CT molecular complexity index is 1160. The van der Waals surface area contributed by atoms with Crippen molar-refractivity contribution in [2.24, 2.45) is 0 Å². The van der Waals surface area contributed by atoms with Gasteiger partial charge in [0, 0.05) is 108 Å². The fraction of sp³-hybridized carbons (Fsp3) is 0.368. The Morgan fingerprint density at radius 2 is 0.262 bits per heavy atom. The summed E-state index contributed by atoms with van der Waals surface area (Å²) in [4.78, 5) is 0. The van der Waals surface area contributed by atoms with Gasteiger partial charge >= 0.3 is 0 Å². The summed E-state index contributed by atoms with van der Waals surface area (Å²) < 4.78 is 0. The monoisotopic (exact) mass is 1050 g/mol. The van der Waals surface area contributed by atoms with Crippen LogP contribution in [-0.4, -0.2) is 73.3 Å². The molecule has 0 aromatic heterocycles. The van der Waals surface area contributed by atoms with Crippen LogP contribution in [0.5, 0.6) is 0 Å². The van der Waals surface area contributed by atoms with E-state index in [-0.39, 0.29) is 65.4 Å². The molecule has 0 unspecified atom stereocenters. The first kappa shape index (κ1) is 88.9. The quantitative estimate of drug-likeness (QED) is 0.0988. The van der Waals surface area contributed by atoms with Crippen molar-refractivity contribution >= 4 is 0 Å². The SMILES string of the molecule is CC.CC.CC.CC.CC.CC.CO.CO.CO.CO.CO.CO.[Y].[Y].c1ccc(Cc2ccccc2)cc1.c1ccc(Cc2ccccc2)cc1.c1ccc(Cc2ccccc2)cc1. The first-order valence-corrected chi connectivity index (χ1v) is 22.3. The number of hydrogen-bond donors (Lipinski definition) is 6. The van der Waals surface area contributed by atoms with Crippen LogP contribution in [-0.2, 0) is 84.7 Å². The van der Waals surface area contributed by atoms with Gasteiger partial charge in [-0.1, -0.05) is 265 Å². The average molecular weight is 1060 g/mol. The van der Waals surface area contributed by atoms with Crippen molar-refractivity contribution in [1.29, 1.82) is 0 Å². The summed E-state index contributed by atoms with van der Waals surface area (Å²) in [6.07, 6.45) is 3.09. The number of aliphatic hydroxyl groups is 6. The van der Waals surface area contributed by atoms with Crippen LogP contribution in [0.25, 0.3) is 0 Å². The predicted octanol–water partition coefficient (Wildman–Crippen LogP) is 13.6. The van der Waals surface area contributed by atoms with Gasteiger partial charge in [0.05, 0.1) is 0 Å². The Morgan fingerprint density at radius 3 is 0.338 bits per heavy atom. The van der Waals surface area contributed by atoms with Gasteiger partial charge in [0.25, 0.3) is 0 Å². The minimum Gasteiger partial charge on any atom is -0.400 e.